The lowest BCUT2D eigenvalue weighted by Crippen LogP contribution is -2.45. The number of hydrogen-bond donors (Lipinski definition) is 1. The zero-order chi connectivity index (χ0) is 16.1. The summed E-state index contributed by atoms with van der Waals surface area (Å²) < 4.78 is 10.6. The summed E-state index contributed by atoms with van der Waals surface area (Å²) in [6, 6.07) is 12.0. The maximum Gasteiger partial charge on any atom is 0.220 e. The Morgan fingerprint density at radius 3 is 2.17 bits per heavy atom. The number of aromatic nitrogens is 2. The molecule has 1 saturated heterocycles. The quantitative estimate of drug-likeness (QED) is 0.902. The lowest BCUT2D eigenvalue weighted by molar-refractivity contribution is 0.190. The predicted octanol–water partition coefficient (Wildman–Crippen LogP) is 1.49. The minimum Gasteiger partial charge on any atom is -0.481 e. The van der Waals surface area contributed by atoms with Gasteiger partial charge in [0.25, 0.3) is 0 Å². The van der Waals surface area contributed by atoms with Crippen LogP contribution in [0.25, 0.3) is 0 Å². The van der Waals surface area contributed by atoms with Gasteiger partial charge in [0.15, 0.2) is 5.82 Å². The number of benzene rings is 1. The van der Waals surface area contributed by atoms with E-state index in [9.17, 15) is 0 Å². The van der Waals surface area contributed by atoms with Crippen LogP contribution in [0.4, 0.5) is 0 Å². The van der Waals surface area contributed by atoms with Crippen molar-refractivity contribution in [3.05, 3.63) is 47.8 Å². The molecule has 0 spiro atoms. The molecule has 6 nitrogen and oxygen atoms in total. The smallest absolute Gasteiger partial charge is 0.220 e. The first-order valence-corrected chi connectivity index (χ1v) is 7.78. The molecule has 0 amide bonds. The van der Waals surface area contributed by atoms with E-state index < -0.39 is 0 Å². The number of rotatable bonds is 5. The molecule has 1 aromatic carbocycles. The van der Waals surface area contributed by atoms with Gasteiger partial charge in [-0.15, -0.1) is 0 Å². The molecule has 0 saturated carbocycles. The molecule has 0 radical (unpaired) electrons. The lowest BCUT2D eigenvalue weighted by atomic mass is 10.0. The molecule has 2 aromatic rings. The molecular formula is C17H22N4O2. The summed E-state index contributed by atoms with van der Waals surface area (Å²) in [6.07, 6.45) is 0. The fourth-order valence-electron chi connectivity index (χ4n) is 2.85. The van der Waals surface area contributed by atoms with Crippen molar-refractivity contribution < 1.29 is 9.47 Å². The zero-order valence-corrected chi connectivity index (χ0v) is 13.5. The van der Waals surface area contributed by atoms with Crippen molar-refractivity contribution in [1.29, 1.82) is 0 Å². The van der Waals surface area contributed by atoms with Crippen LogP contribution in [0.3, 0.4) is 0 Å². The highest BCUT2D eigenvalue weighted by Gasteiger charge is 2.27. The Kier molecular flexibility index (Phi) is 5.05. The number of hydrogen-bond acceptors (Lipinski definition) is 6. The van der Waals surface area contributed by atoms with E-state index in [4.69, 9.17) is 9.47 Å². The number of ether oxygens (including phenoxy) is 2. The topological polar surface area (TPSA) is 59.5 Å². The van der Waals surface area contributed by atoms with E-state index >= 15 is 0 Å². The Balaban J connectivity index is 2.04. The monoisotopic (exact) mass is 314 g/mol. The van der Waals surface area contributed by atoms with Gasteiger partial charge in [-0.05, 0) is 5.56 Å². The second kappa shape index (κ2) is 7.39. The number of methoxy groups -OCH3 is 2. The summed E-state index contributed by atoms with van der Waals surface area (Å²) >= 11 is 0. The van der Waals surface area contributed by atoms with E-state index in [2.05, 4.69) is 32.3 Å². The first-order chi connectivity index (χ1) is 11.3. The van der Waals surface area contributed by atoms with Crippen molar-refractivity contribution in [2.24, 2.45) is 0 Å². The normalized spacial score (nSPS) is 16.8. The molecule has 0 unspecified atom stereocenters. The van der Waals surface area contributed by atoms with Gasteiger partial charge in [0.1, 0.15) is 0 Å². The fourth-order valence-corrected chi connectivity index (χ4v) is 2.85. The third-order valence-electron chi connectivity index (χ3n) is 3.99. The molecule has 122 valence electrons. The van der Waals surface area contributed by atoms with Gasteiger partial charge in [-0.25, -0.2) is 0 Å². The van der Waals surface area contributed by atoms with Crippen LogP contribution >= 0.6 is 0 Å². The van der Waals surface area contributed by atoms with Gasteiger partial charge in [-0.2, -0.15) is 9.97 Å². The van der Waals surface area contributed by atoms with E-state index in [1.807, 2.05) is 18.2 Å². The van der Waals surface area contributed by atoms with E-state index in [0.29, 0.717) is 17.6 Å². The molecule has 2 heterocycles. The largest absolute Gasteiger partial charge is 0.481 e. The van der Waals surface area contributed by atoms with E-state index in [1.165, 1.54) is 5.56 Å². The van der Waals surface area contributed by atoms with Crippen LogP contribution in [0.15, 0.2) is 36.4 Å². The van der Waals surface area contributed by atoms with Gasteiger partial charge in [-0.3, -0.25) is 4.90 Å². The molecule has 23 heavy (non-hydrogen) atoms. The molecule has 1 aliphatic rings. The van der Waals surface area contributed by atoms with E-state index in [0.717, 1.165) is 26.2 Å². The predicted molar refractivity (Wildman–Crippen MR) is 87.9 cm³/mol. The maximum atomic E-state index is 5.31. The Morgan fingerprint density at radius 2 is 1.61 bits per heavy atom. The molecule has 0 aliphatic carbocycles. The van der Waals surface area contributed by atoms with Crippen LogP contribution < -0.4 is 14.8 Å². The second-order valence-corrected chi connectivity index (χ2v) is 5.41. The van der Waals surface area contributed by atoms with Crippen molar-refractivity contribution in [2.45, 2.75) is 6.04 Å². The summed E-state index contributed by atoms with van der Waals surface area (Å²) in [6.45, 7) is 3.82. The van der Waals surface area contributed by atoms with E-state index in [1.54, 1.807) is 20.3 Å². The third kappa shape index (κ3) is 3.60. The van der Waals surface area contributed by atoms with Crippen molar-refractivity contribution in [3.63, 3.8) is 0 Å². The molecule has 1 fully saturated rings. The molecule has 3 rings (SSSR count). The van der Waals surface area contributed by atoms with Crippen molar-refractivity contribution in [3.8, 4) is 11.8 Å². The molecular weight excluding hydrogens is 292 g/mol. The molecule has 1 aromatic heterocycles. The zero-order valence-electron chi connectivity index (χ0n) is 13.5. The first-order valence-electron chi connectivity index (χ1n) is 7.78. The Morgan fingerprint density at radius 1 is 1.00 bits per heavy atom. The van der Waals surface area contributed by atoms with Crippen LogP contribution in [0.2, 0.25) is 0 Å². The van der Waals surface area contributed by atoms with Crippen LogP contribution in [-0.4, -0.2) is 55.3 Å². The Hall–Kier alpha value is -2.18. The fraction of sp³-hybridized carbons (Fsp3) is 0.412. The molecule has 6 heteroatoms. The van der Waals surface area contributed by atoms with Gasteiger partial charge in [0.05, 0.1) is 26.3 Å². The lowest BCUT2D eigenvalue weighted by Gasteiger charge is -2.34. The molecule has 0 bridgehead atoms. The number of piperazine rings is 1. The van der Waals surface area contributed by atoms with Crippen LogP contribution in [0.5, 0.6) is 11.8 Å². The Bertz CT molecular complexity index is 607. The summed E-state index contributed by atoms with van der Waals surface area (Å²) in [5.41, 5.74) is 1.17. The second-order valence-electron chi connectivity index (χ2n) is 5.41. The molecule has 1 aliphatic heterocycles. The van der Waals surface area contributed by atoms with Crippen LogP contribution in [0.1, 0.15) is 17.4 Å². The van der Waals surface area contributed by atoms with E-state index in [-0.39, 0.29) is 6.04 Å². The van der Waals surface area contributed by atoms with Crippen molar-refractivity contribution in [1.82, 2.24) is 20.2 Å². The highest BCUT2D eigenvalue weighted by molar-refractivity contribution is 5.29. The highest BCUT2D eigenvalue weighted by Crippen LogP contribution is 2.29. The summed E-state index contributed by atoms with van der Waals surface area (Å²) in [4.78, 5) is 11.5. The average Bonchev–Trinajstić information content (AvgIpc) is 2.63. The molecule has 1 atom stereocenters. The maximum absolute atomic E-state index is 5.31. The SMILES string of the molecule is COc1cc(OC)nc([C@@H](c2ccccc2)N2CCNCC2)n1. The van der Waals surface area contributed by atoms with Gasteiger partial charge in [0, 0.05) is 26.2 Å². The minimum absolute atomic E-state index is 0.0118. The first kappa shape index (κ1) is 15.7. The summed E-state index contributed by atoms with van der Waals surface area (Å²) in [7, 11) is 3.21. The Labute approximate surface area is 136 Å². The number of nitrogens with zero attached hydrogens (tertiary/aromatic N) is 3. The van der Waals surface area contributed by atoms with Gasteiger partial charge < -0.3 is 14.8 Å². The van der Waals surface area contributed by atoms with Crippen molar-refractivity contribution >= 4 is 0 Å². The minimum atomic E-state index is -0.0118. The molecule has 1 N–H and O–H groups in total. The number of nitrogens with one attached hydrogen (secondary N) is 1. The van der Waals surface area contributed by atoms with Gasteiger partial charge in [0.2, 0.25) is 11.8 Å². The average molecular weight is 314 g/mol. The van der Waals surface area contributed by atoms with Crippen LogP contribution in [0, 0.1) is 0 Å². The summed E-state index contributed by atoms with van der Waals surface area (Å²) in [5.74, 6) is 1.74. The van der Waals surface area contributed by atoms with Gasteiger partial charge >= 0.3 is 0 Å². The highest BCUT2D eigenvalue weighted by atomic mass is 16.5. The third-order valence-corrected chi connectivity index (χ3v) is 3.99. The summed E-state index contributed by atoms with van der Waals surface area (Å²) in [5, 5.41) is 3.39. The van der Waals surface area contributed by atoms with Gasteiger partial charge in [-0.1, -0.05) is 30.3 Å². The van der Waals surface area contributed by atoms with Crippen molar-refractivity contribution in [2.75, 3.05) is 40.4 Å². The van der Waals surface area contributed by atoms with Crippen LogP contribution in [-0.2, 0) is 0 Å². The standard InChI is InChI=1S/C17H22N4O2/c1-22-14-12-15(23-2)20-17(19-14)16(13-6-4-3-5-7-13)21-10-8-18-9-11-21/h3-7,12,16,18H,8-11H2,1-2H3/t16-/m1/s1.